The molecule has 0 atom stereocenters. The Kier molecular flexibility index (Phi) is 6.06. The van der Waals surface area contributed by atoms with Crippen LogP contribution >= 0.6 is 11.6 Å². The van der Waals surface area contributed by atoms with E-state index in [9.17, 15) is 26.4 Å². The molecule has 0 aliphatic rings. The SMILES string of the molecule is Cc1cccc(NC(=O)CN(c2cc(C(F)(F)F)ccc2Cl)S(C)(=O)=O)c1. The monoisotopic (exact) mass is 420 g/mol. The minimum atomic E-state index is -4.69. The van der Waals surface area contributed by atoms with Crippen LogP contribution in [-0.4, -0.2) is 27.1 Å². The molecule has 146 valence electrons. The Morgan fingerprint density at radius 3 is 2.41 bits per heavy atom. The molecule has 0 unspecified atom stereocenters. The minimum absolute atomic E-state index is 0.225. The lowest BCUT2D eigenvalue weighted by Crippen LogP contribution is -2.37. The number of halogens is 4. The van der Waals surface area contributed by atoms with E-state index in [4.69, 9.17) is 11.6 Å². The first-order valence-corrected chi connectivity index (χ1v) is 9.81. The molecule has 10 heteroatoms. The van der Waals surface area contributed by atoms with Gasteiger partial charge in [-0.1, -0.05) is 23.7 Å². The van der Waals surface area contributed by atoms with E-state index in [1.54, 1.807) is 31.2 Å². The first-order valence-electron chi connectivity index (χ1n) is 7.59. The van der Waals surface area contributed by atoms with Gasteiger partial charge in [-0.3, -0.25) is 9.10 Å². The van der Waals surface area contributed by atoms with Gasteiger partial charge in [0.2, 0.25) is 15.9 Å². The van der Waals surface area contributed by atoms with Gasteiger partial charge in [0.15, 0.2) is 0 Å². The minimum Gasteiger partial charge on any atom is -0.325 e. The quantitative estimate of drug-likeness (QED) is 0.792. The standard InChI is InChI=1S/C17H16ClF3N2O3S/c1-11-4-3-5-13(8-11)22-16(24)10-23(27(2,25)26)15-9-12(17(19,20)21)6-7-14(15)18/h3-9H,10H2,1-2H3,(H,22,24). The van der Waals surface area contributed by atoms with Crippen molar-refractivity contribution in [1.82, 2.24) is 0 Å². The van der Waals surface area contributed by atoms with Crippen molar-refractivity contribution in [3.8, 4) is 0 Å². The molecule has 0 aliphatic carbocycles. The molecule has 2 aromatic rings. The molecular formula is C17H16ClF3N2O3S. The van der Waals surface area contributed by atoms with Crippen molar-refractivity contribution in [3.05, 3.63) is 58.6 Å². The third-order valence-electron chi connectivity index (χ3n) is 3.53. The number of rotatable bonds is 5. The maximum absolute atomic E-state index is 13.0. The summed E-state index contributed by atoms with van der Waals surface area (Å²) in [5.74, 6) is -0.723. The summed E-state index contributed by atoms with van der Waals surface area (Å²) in [5.41, 5.74) is -0.194. The average molecular weight is 421 g/mol. The van der Waals surface area contributed by atoms with Gasteiger partial charge in [0.05, 0.1) is 22.5 Å². The molecule has 0 fully saturated rings. The molecule has 0 radical (unpaired) electrons. The van der Waals surface area contributed by atoms with Crippen LogP contribution in [-0.2, 0) is 21.0 Å². The Labute approximate surface area is 159 Å². The second-order valence-corrected chi connectivity index (χ2v) is 8.17. The number of amides is 1. The molecule has 0 saturated heterocycles. The van der Waals surface area contributed by atoms with E-state index in [1.807, 2.05) is 0 Å². The number of hydrogen-bond donors (Lipinski definition) is 1. The smallest absolute Gasteiger partial charge is 0.325 e. The lowest BCUT2D eigenvalue weighted by molar-refractivity contribution is -0.137. The summed E-state index contributed by atoms with van der Waals surface area (Å²) < 4.78 is 63.6. The number of alkyl halides is 3. The molecule has 0 saturated carbocycles. The fourth-order valence-corrected chi connectivity index (χ4v) is 3.44. The highest BCUT2D eigenvalue weighted by Gasteiger charge is 2.33. The fraction of sp³-hybridized carbons (Fsp3) is 0.235. The van der Waals surface area contributed by atoms with Gasteiger partial charge < -0.3 is 5.32 Å². The number of nitrogens with one attached hydrogen (secondary N) is 1. The Morgan fingerprint density at radius 1 is 1.19 bits per heavy atom. The highest BCUT2D eigenvalue weighted by Crippen LogP contribution is 2.36. The van der Waals surface area contributed by atoms with Crippen LogP contribution in [0, 0.1) is 6.92 Å². The van der Waals surface area contributed by atoms with E-state index in [0.29, 0.717) is 16.1 Å². The third kappa shape index (κ3) is 5.61. The molecule has 0 aliphatic heterocycles. The van der Waals surface area contributed by atoms with Crippen LogP contribution in [0.25, 0.3) is 0 Å². The predicted octanol–water partition coefficient (Wildman–Crippen LogP) is 4.07. The third-order valence-corrected chi connectivity index (χ3v) is 4.98. The van der Waals surface area contributed by atoms with Crippen molar-refractivity contribution >= 4 is 38.9 Å². The largest absolute Gasteiger partial charge is 0.416 e. The summed E-state index contributed by atoms with van der Waals surface area (Å²) >= 11 is 5.91. The number of carbonyl (C=O) groups is 1. The maximum Gasteiger partial charge on any atom is 0.416 e. The van der Waals surface area contributed by atoms with E-state index >= 15 is 0 Å². The van der Waals surface area contributed by atoms with Gasteiger partial charge in [-0.25, -0.2) is 8.42 Å². The van der Waals surface area contributed by atoms with E-state index in [-0.39, 0.29) is 5.02 Å². The van der Waals surface area contributed by atoms with Gasteiger partial charge in [-0.15, -0.1) is 0 Å². The second kappa shape index (κ2) is 7.77. The first-order chi connectivity index (χ1) is 12.4. The lowest BCUT2D eigenvalue weighted by atomic mass is 10.2. The Bertz CT molecular complexity index is 962. The second-order valence-electron chi connectivity index (χ2n) is 5.85. The van der Waals surface area contributed by atoms with Gasteiger partial charge >= 0.3 is 6.18 Å². The van der Waals surface area contributed by atoms with E-state index in [2.05, 4.69) is 5.32 Å². The van der Waals surface area contributed by atoms with Crippen molar-refractivity contribution in [3.63, 3.8) is 0 Å². The zero-order valence-electron chi connectivity index (χ0n) is 14.3. The predicted molar refractivity (Wildman–Crippen MR) is 98.5 cm³/mol. The van der Waals surface area contributed by atoms with E-state index in [0.717, 1.165) is 24.0 Å². The number of aryl methyl sites for hydroxylation is 1. The zero-order chi connectivity index (χ0) is 20.4. The highest BCUT2D eigenvalue weighted by molar-refractivity contribution is 7.92. The van der Waals surface area contributed by atoms with Gasteiger partial charge in [0.1, 0.15) is 6.54 Å². The molecule has 0 heterocycles. The van der Waals surface area contributed by atoms with Crippen LogP contribution in [0.15, 0.2) is 42.5 Å². The molecule has 0 bridgehead atoms. The van der Waals surface area contributed by atoms with Crippen LogP contribution in [0.5, 0.6) is 0 Å². The Hall–Kier alpha value is -2.26. The summed E-state index contributed by atoms with van der Waals surface area (Å²) in [6, 6.07) is 9.05. The summed E-state index contributed by atoms with van der Waals surface area (Å²) in [6.45, 7) is 1.08. The van der Waals surface area contributed by atoms with Gasteiger partial charge in [-0.2, -0.15) is 13.2 Å². The molecule has 1 N–H and O–H groups in total. The lowest BCUT2D eigenvalue weighted by Gasteiger charge is -2.24. The van der Waals surface area contributed by atoms with Crippen LogP contribution in [0.1, 0.15) is 11.1 Å². The normalized spacial score (nSPS) is 11.9. The maximum atomic E-state index is 13.0. The zero-order valence-corrected chi connectivity index (χ0v) is 15.9. The summed E-state index contributed by atoms with van der Waals surface area (Å²) in [4.78, 5) is 12.3. The van der Waals surface area contributed by atoms with Crippen molar-refractivity contribution < 1.29 is 26.4 Å². The van der Waals surface area contributed by atoms with Gasteiger partial charge in [-0.05, 0) is 42.8 Å². The number of carbonyl (C=O) groups excluding carboxylic acids is 1. The Morgan fingerprint density at radius 2 is 1.85 bits per heavy atom. The number of benzene rings is 2. The summed E-state index contributed by atoms with van der Waals surface area (Å²) in [6.07, 6.45) is -3.91. The molecule has 0 spiro atoms. The molecular weight excluding hydrogens is 405 g/mol. The van der Waals surface area contributed by atoms with Gasteiger partial charge in [0.25, 0.3) is 0 Å². The van der Waals surface area contributed by atoms with Crippen LogP contribution in [0.2, 0.25) is 5.02 Å². The highest BCUT2D eigenvalue weighted by atomic mass is 35.5. The van der Waals surface area contributed by atoms with Crippen molar-refractivity contribution in [1.29, 1.82) is 0 Å². The Balaban J connectivity index is 2.35. The molecule has 2 rings (SSSR count). The summed E-state index contributed by atoms with van der Waals surface area (Å²) in [7, 11) is -4.08. The molecule has 1 amide bonds. The average Bonchev–Trinajstić information content (AvgIpc) is 2.51. The number of anilines is 2. The van der Waals surface area contributed by atoms with E-state index < -0.39 is 39.9 Å². The first kappa shape index (κ1) is 21.0. The summed E-state index contributed by atoms with van der Waals surface area (Å²) in [5, 5.41) is 2.28. The number of hydrogen-bond acceptors (Lipinski definition) is 3. The van der Waals surface area contributed by atoms with Crippen molar-refractivity contribution in [2.75, 3.05) is 22.4 Å². The molecule has 27 heavy (non-hydrogen) atoms. The molecule has 5 nitrogen and oxygen atoms in total. The topological polar surface area (TPSA) is 66.5 Å². The van der Waals surface area contributed by atoms with Crippen molar-refractivity contribution in [2.45, 2.75) is 13.1 Å². The van der Waals surface area contributed by atoms with Gasteiger partial charge in [0, 0.05) is 5.69 Å². The van der Waals surface area contributed by atoms with Crippen LogP contribution in [0.3, 0.4) is 0 Å². The fourth-order valence-electron chi connectivity index (χ4n) is 2.31. The number of sulfonamides is 1. The van der Waals surface area contributed by atoms with E-state index in [1.165, 1.54) is 0 Å². The van der Waals surface area contributed by atoms with Crippen LogP contribution < -0.4 is 9.62 Å². The number of nitrogens with zero attached hydrogens (tertiary/aromatic N) is 1. The van der Waals surface area contributed by atoms with Crippen LogP contribution in [0.4, 0.5) is 24.5 Å². The van der Waals surface area contributed by atoms with Crippen molar-refractivity contribution in [2.24, 2.45) is 0 Å². The molecule has 0 aromatic heterocycles. The molecule has 2 aromatic carbocycles.